The first-order valence-corrected chi connectivity index (χ1v) is 22.2. The first-order chi connectivity index (χ1) is 24.3. The Morgan fingerprint density at radius 1 is 0.580 bits per heavy atom. The number of esters is 2. The molecule has 0 spiro atoms. The van der Waals surface area contributed by atoms with Gasteiger partial charge >= 0.3 is 19.8 Å². The van der Waals surface area contributed by atoms with Gasteiger partial charge in [-0.3, -0.25) is 18.6 Å². The number of phosphoric acid groups is 1. The van der Waals surface area contributed by atoms with Gasteiger partial charge in [0.15, 0.2) is 6.10 Å². The SMILES string of the molecule is CCCCCCCCC=CCCCCCCCCCC(=O)O[C@H](COC(=O)CCCCCCCCCCCCCC)COP(=O)(O)OCCN. The van der Waals surface area contributed by atoms with Crippen LogP contribution in [0.2, 0.25) is 0 Å². The van der Waals surface area contributed by atoms with Gasteiger partial charge in [0.25, 0.3) is 0 Å². The Hall–Kier alpha value is -1.25. The number of allylic oxidation sites excluding steroid dienone is 2. The van der Waals surface area contributed by atoms with Gasteiger partial charge in [-0.25, -0.2) is 4.57 Å². The van der Waals surface area contributed by atoms with Crippen molar-refractivity contribution in [3.63, 3.8) is 0 Å². The van der Waals surface area contributed by atoms with Crippen LogP contribution in [0.25, 0.3) is 0 Å². The topological polar surface area (TPSA) is 134 Å². The molecule has 0 rings (SSSR count). The number of ether oxygens (including phenoxy) is 2. The fourth-order valence-corrected chi connectivity index (χ4v) is 6.57. The van der Waals surface area contributed by atoms with Crippen molar-refractivity contribution >= 4 is 19.8 Å². The summed E-state index contributed by atoms with van der Waals surface area (Å²) in [5, 5.41) is 0. The highest BCUT2D eigenvalue weighted by molar-refractivity contribution is 7.47. The standard InChI is InChI=1S/C40H78NO8P/c1-3-5-7-9-11-13-15-17-18-19-20-21-23-25-27-29-31-33-40(43)49-38(37-48-50(44,45)47-35-34-41)36-46-39(42)32-30-28-26-24-22-16-14-12-10-8-6-4-2/h17-18,38H,3-16,19-37,41H2,1-2H3,(H,44,45)/t38-/m1/s1. The van der Waals surface area contributed by atoms with E-state index in [1.165, 1.54) is 122 Å². The van der Waals surface area contributed by atoms with Crippen molar-refractivity contribution in [1.82, 2.24) is 0 Å². The number of hydrogen-bond donors (Lipinski definition) is 2. The molecular weight excluding hydrogens is 653 g/mol. The molecule has 0 aliphatic rings. The molecule has 9 nitrogen and oxygen atoms in total. The van der Waals surface area contributed by atoms with Gasteiger partial charge in [-0.15, -0.1) is 0 Å². The van der Waals surface area contributed by atoms with Crippen LogP contribution in [0.4, 0.5) is 0 Å². The van der Waals surface area contributed by atoms with Crippen molar-refractivity contribution in [2.75, 3.05) is 26.4 Å². The minimum Gasteiger partial charge on any atom is -0.462 e. The van der Waals surface area contributed by atoms with Crippen molar-refractivity contribution < 1.29 is 37.6 Å². The molecule has 0 bridgehead atoms. The summed E-state index contributed by atoms with van der Waals surface area (Å²) in [5.74, 6) is -0.826. The van der Waals surface area contributed by atoms with Gasteiger partial charge in [-0.2, -0.15) is 0 Å². The summed E-state index contributed by atoms with van der Waals surface area (Å²) in [7, 11) is -4.37. The molecule has 0 aromatic rings. The van der Waals surface area contributed by atoms with Crippen molar-refractivity contribution in [2.24, 2.45) is 5.73 Å². The maximum absolute atomic E-state index is 12.5. The molecule has 0 aromatic carbocycles. The Balaban J connectivity index is 4.15. The minimum absolute atomic E-state index is 0.0553. The van der Waals surface area contributed by atoms with Crippen molar-refractivity contribution in [1.29, 1.82) is 0 Å². The Bertz CT molecular complexity index is 840. The predicted octanol–water partition coefficient (Wildman–Crippen LogP) is 11.4. The van der Waals surface area contributed by atoms with Gasteiger partial charge in [0.1, 0.15) is 6.61 Å². The van der Waals surface area contributed by atoms with Crippen molar-refractivity contribution in [2.45, 2.75) is 206 Å². The number of carbonyl (C=O) groups is 2. The summed E-state index contributed by atoms with van der Waals surface area (Å²) < 4.78 is 32.7. The van der Waals surface area contributed by atoms with E-state index in [1.807, 2.05) is 0 Å². The van der Waals surface area contributed by atoms with Gasteiger partial charge in [0.05, 0.1) is 13.2 Å². The molecule has 296 valence electrons. The summed E-state index contributed by atoms with van der Waals surface area (Å²) in [6, 6.07) is 0. The molecule has 0 aliphatic carbocycles. The lowest BCUT2D eigenvalue weighted by atomic mass is 10.0. The molecule has 10 heteroatoms. The van der Waals surface area contributed by atoms with E-state index >= 15 is 0 Å². The third kappa shape index (κ3) is 36.5. The zero-order valence-corrected chi connectivity index (χ0v) is 33.3. The van der Waals surface area contributed by atoms with Crippen molar-refractivity contribution in [3.8, 4) is 0 Å². The van der Waals surface area contributed by atoms with E-state index in [0.29, 0.717) is 6.42 Å². The third-order valence-electron chi connectivity index (χ3n) is 8.90. The summed E-state index contributed by atoms with van der Waals surface area (Å²) >= 11 is 0. The zero-order chi connectivity index (χ0) is 36.8. The molecule has 0 radical (unpaired) electrons. The van der Waals surface area contributed by atoms with E-state index in [-0.39, 0.29) is 38.6 Å². The number of unbranched alkanes of at least 4 members (excludes halogenated alkanes) is 24. The third-order valence-corrected chi connectivity index (χ3v) is 9.89. The smallest absolute Gasteiger partial charge is 0.462 e. The summed E-state index contributed by atoms with van der Waals surface area (Å²) in [6.07, 6.45) is 36.6. The lowest BCUT2D eigenvalue weighted by Gasteiger charge is -2.19. The Kier molecular flexibility index (Phi) is 36.6. The highest BCUT2D eigenvalue weighted by atomic mass is 31.2. The van der Waals surface area contributed by atoms with Crippen LogP contribution in [0.15, 0.2) is 12.2 Å². The highest BCUT2D eigenvalue weighted by Gasteiger charge is 2.26. The quantitative estimate of drug-likeness (QED) is 0.0274. The van der Waals surface area contributed by atoms with Gasteiger partial charge < -0.3 is 20.1 Å². The molecule has 50 heavy (non-hydrogen) atoms. The molecule has 0 aromatic heterocycles. The number of carbonyl (C=O) groups excluding carboxylic acids is 2. The second-order valence-electron chi connectivity index (χ2n) is 13.9. The molecule has 0 amide bonds. The van der Waals surface area contributed by atoms with E-state index in [1.54, 1.807) is 0 Å². The lowest BCUT2D eigenvalue weighted by molar-refractivity contribution is -0.161. The van der Waals surface area contributed by atoms with Crippen molar-refractivity contribution in [3.05, 3.63) is 12.2 Å². The summed E-state index contributed by atoms with van der Waals surface area (Å²) in [5.41, 5.74) is 5.34. The Labute approximate surface area is 307 Å². The molecule has 0 aliphatic heterocycles. The Morgan fingerprint density at radius 2 is 0.980 bits per heavy atom. The zero-order valence-electron chi connectivity index (χ0n) is 32.4. The van der Waals surface area contributed by atoms with Crippen LogP contribution in [0.1, 0.15) is 200 Å². The number of hydrogen-bond acceptors (Lipinski definition) is 8. The van der Waals surface area contributed by atoms with Crippen LogP contribution in [-0.2, 0) is 32.7 Å². The fourth-order valence-electron chi connectivity index (χ4n) is 5.81. The van der Waals surface area contributed by atoms with Gasteiger partial charge in [0, 0.05) is 19.4 Å². The monoisotopic (exact) mass is 732 g/mol. The number of nitrogens with two attached hydrogens (primary N) is 1. The minimum atomic E-state index is -4.37. The van der Waals surface area contributed by atoms with Crippen LogP contribution < -0.4 is 5.73 Å². The fraction of sp³-hybridized carbons (Fsp3) is 0.900. The number of rotatable bonds is 39. The predicted molar refractivity (Wildman–Crippen MR) is 206 cm³/mol. The molecule has 2 atom stereocenters. The van der Waals surface area contributed by atoms with Crippen LogP contribution in [-0.4, -0.2) is 49.3 Å². The highest BCUT2D eigenvalue weighted by Crippen LogP contribution is 2.43. The van der Waals surface area contributed by atoms with Crippen LogP contribution in [0.3, 0.4) is 0 Å². The van der Waals surface area contributed by atoms with E-state index in [0.717, 1.165) is 44.9 Å². The van der Waals surface area contributed by atoms with E-state index < -0.39 is 26.5 Å². The van der Waals surface area contributed by atoms with Gasteiger partial charge in [0.2, 0.25) is 0 Å². The van der Waals surface area contributed by atoms with Crippen LogP contribution >= 0.6 is 7.82 Å². The lowest BCUT2D eigenvalue weighted by Crippen LogP contribution is -2.29. The normalized spacial score (nSPS) is 13.4. The first kappa shape index (κ1) is 48.8. The Morgan fingerprint density at radius 3 is 1.42 bits per heavy atom. The molecular formula is C40H78NO8P. The molecule has 1 unspecified atom stereocenters. The molecule has 0 saturated heterocycles. The average Bonchev–Trinajstić information content (AvgIpc) is 3.10. The van der Waals surface area contributed by atoms with E-state index in [4.69, 9.17) is 24.3 Å². The molecule has 0 saturated carbocycles. The van der Waals surface area contributed by atoms with Crippen LogP contribution in [0.5, 0.6) is 0 Å². The van der Waals surface area contributed by atoms with Gasteiger partial charge in [-0.05, 0) is 38.5 Å². The number of phosphoric ester groups is 1. The largest absolute Gasteiger partial charge is 0.472 e. The van der Waals surface area contributed by atoms with E-state index in [2.05, 4.69) is 26.0 Å². The maximum atomic E-state index is 12.5. The average molecular weight is 732 g/mol. The summed E-state index contributed by atoms with van der Waals surface area (Å²) in [6.45, 7) is 3.73. The van der Waals surface area contributed by atoms with Gasteiger partial charge in [-0.1, -0.05) is 161 Å². The first-order valence-electron chi connectivity index (χ1n) is 20.7. The van der Waals surface area contributed by atoms with Crippen LogP contribution in [0, 0.1) is 0 Å². The molecule has 0 heterocycles. The molecule has 3 N–H and O–H groups in total. The maximum Gasteiger partial charge on any atom is 0.472 e. The van der Waals surface area contributed by atoms with E-state index in [9.17, 15) is 19.0 Å². The second-order valence-corrected chi connectivity index (χ2v) is 15.3. The molecule has 0 fully saturated rings. The summed E-state index contributed by atoms with van der Waals surface area (Å²) in [4.78, 5) is 34.8. The second kappa shape index (κ2) is 37.5.